The molecule has 0 saturated heterocycles. The van der Waals surface area contributed by atoms with Crippen LogP contribution in [0.3, 0.4) is 0 Å². The van der Waals surface area contributed by atoms with Crippen molar-refractivity contribution in [2.75, 3.05) is 6.54 Å². The first kappa shape index (κ1) is 15.5. The first-order chi connectivity index (χ1) is 9.97. The second-order valence-corrected chi connectivity index (χ2v) is 5.47. The number of hydrogen-bond donors (Lipinski definition) is 1. The first-order valence-electron chi connectivity index (χ1n) is 6.90. The van der Waals surface area contributed by atoms with Gasteiger partial charge in [0.15, 0.2) is 17.5 Å². The van der Waals surface area contributed by atoms with E-state index in [1.165, 1.54) is 6.07 Å². The van der Waals surface area contributed by atoms with Crippen LogP contribution in [-0.4, -0.2) is 26.8 Å². The minimum absolute atomic E-state index is 0.0207. The molecule has 0 amide bonds. The SMILES string of the molecule is CC(C)CNC(C)c1nnnn1Cc1ccc(F)c(F)c1. The lowest BCUT2D eigenvalue weighted by molar-refractivity contribution is 0.460. The number of nitrogens with zero attached hydrogens (tertiary/aromatic N) is 4. The van der Waals surface area contributed by atoms with Gasteiger partial charge in [-0.15, -0.1) is 5.10 Å². The van der Waals surface area contributed by atoms with E-state index in [9.17, 15) is 8.78 Å². The third-order valence-electron chi connectivity index (χ3n) is 3.10. The molecule has 1 aromatic heterocycles. The summed E-state index contributed by atoms with van der Waals surface area (Å²) in [6.07, 6.45) is 0. The molecule has 0 fully saturated rings. The van der Waals surface area contributed by atoms with E-state index in [-0.39, 0.29) is 6.04 Å². The van der Waals surface area contributed by atoms with Gasteiger partial charge < -0.3 is 5.32 Å². The molecule has 2 aromatic rings. The predicted octanol–water partition coefficient (Wildman–Crippen LogP) is 2.31. The molecule has 1 aromatic carbocycles. The highest BCUT2D eigenvalue weighted by molar-refractivity contribution is 5.18. The predicted molar refractivity (Wildman–Crippen MR) is 74.5 cm³/mol. The molecular formula is C14H19F2N5. The maximum Gasteiger partial charge on any atom is 0.168 e. The van der Waals surface area contributed by atoms with Gasteiger partial charge in [-0.25, -0.2) is 13.5 Å². The van der Waals surface area contributed by atoms with Crippen molar-refractivity contribution in [3.63, 3.8) is 0 Å². The number of rotatable bonds is 6. The third-order valence-corrected chi connectivity index (χ3v) is 3.10. The second kappa shape index (κ2) is 6.71. The lowest BCUT2D eigenvalue weighted by atomic mass is 10.2. The summed E-state index contributed by atoms with van der Waals surface area (Å²) in [5.41, 5.74) is 0.610. The number of aromatic nitrogens is 4. The highest BCUT2D eigenvalue weighted by atomic mass is 19.2. The van der Waals surface area contributed by atoms with E-state index < -0.39 is 11.6 Å². The van der Waals surface area contributed by atoms with E-state index >= 15 is 0 Å². The Labute approximate surface area is 122 Å². The van der Waals surface area contributed by atoms with Crippen LogP contribution in [0.25, 0.3) is 0 Å². The minimum atomic E-state index is -0.867. The Balaban J connectivity index is 2.10. The average molecular weight is 295 g/mol. The van der Waals surface area contributed by atoms with E-state index in [4.69, 9.17) is 0 Å². The zero-order valence-corrected chi connectivity index (χ0v) is 12.3. The number of benzene rings is 1. The lowest BCUT2D eigenvalue weighted by Gasteiger charge is -2.15. The van der Waals surface area contributed by atoms with Crippen molar-refractivity contribution in [2.24, 2.45) is 5.92 Å². The smallest absolute Gasteiger partial charge is 0.168 e. The van der Waals surface area contributed by atoms with Crippen LogP contribution < -0.4 is 5.32 Å². The van der Waals surface area contributed by atoms with Crippen LogP contribution in [0.1, 0.15) is 38.2 Å². The van der Waals surface area contributed by atoms with Crippen molar-refractivity contribution < 1.29 is 8.78 Å². The number of halogens is 2. The summed E-state index contributed by atoms with van der Waals surface area (Å²) < 4.78 is 27.7. The Hall–Kier alpha value is -1.89. The second-order valence-electron chi connectivity index (χ2n) is 5.47. The van der Waals surface area contributed by atoms with Crippen molar-refractivity contribution in [3.8, 4) is 0 Å². The highest BCUT2D eigenvalue weighted by Crippen LogP contribution is 2.13. The van der Waals surface area contributed by atoms with Crippen LogP contribution in [-0.2, 0) is 6.54 Å². The Morgan fingerprint density at radius 2 is 1.95 bits per heavy atom. The standard InChI is InChI=1S/C14H19F2N5/c1-9(2)7-17-10(3)14-18-19-20-21(14)8-11-4-5-12(15)13(16)6-11/h4-6,9-10,17H,7-8H2,1-3H3. The molecule has 0 saturated carbocycles. The van der Waals surface area contributed by atoms with Crippen molar-refractivity contribution in [3.05, 3.63) is 41.2 Å². The Morgan fingerprint density at radius 1 is 1.19 bits per heavy atom. The van der Waals surface area contributed by atoms with Crippen LogP contribution in [0.4, 0.5) is 8.78 Å². The molecule has 21 heavy (non-hydrogen) atoms. The maximum absolute atomic E-state index is 13.2. The van der Waals surface area contributed by atoms with Gasteiger partial charge in [-0.3, -0.25) is 0 Å². The molecular weight excluding hydrogens is 276 g/mol. The molecule has 0 radical (unpaired) electrons. The topological polar surface area (TPSA) is 55.6 Å². The molecule has 5 nitrogen and oxygen atoms in total. The average Bonchev–Trinajstić information content (AvgIpc) is 2.88. The van der Waals surface area contributed by atoms with Crippen molar-refractivity contribution in [1.29, 1.82) is 0 Å². The van der Waals surface area contributed by atoms with Crippen LogP contribution in [0.15, 0.2) is 18.2 Å². The molecule has 0 aliphatic rings. The normalized spacial score (nSPS) is 12.9. The number of hydrogen-bond acceptors (Lipinski definition) is 4. The lowest BCUT2D eigenvalue weighted by Crippen LogP contribution is -2.26. The van der Waals surface area contributed by atoms with Crippen molar-refractivity contribution in [1.82, 2.24) is 25.5 Å². The van der Waals surface area contributed by atoms with Gasteiger partial charge in [-0.1, -0.05) is 19.9 Å². The molecule has 0 aliphatic heterocycles. The van der Waals surface area contributed by atoms with Crippen LogP contribution >= 0.6 is 0 Å². The monoisotopic (exact) mass is 295 g/mol. The summed E-state index contributed by atoms with van der Waals surface area (Å²) in [7, 11) is 0. The quantitative estimate of drug-likeness (QED) is 0.888. The fourth-order valence-electron chi connectivity index (χ4n) is 1.95. The number of nitrogens with one attached hydrogen (secondary N) is 1. The summed E-state index contributed by atoms with van der Waals surface area (Å²) in [4.78, 5) is 0. The Morgan fingerprint density at radius 3 is 2.62 bits per heavy atom. The highest BCUT2D eigenvalue weighted by Gasteiger charge is 2.15. The third kappa shape index (κ3) is 4.04. The van der Waals surface area contributed by atoms with E-state index in [0.717, 1.165) is 18.7 Å². The molecule has 1 heterocycles. The van der Waals surface area contributed by atoms with E-state index in [1.54, 1.807) is 4.68 Å². The molecule has 7 heteroatoms. The summed E-state index contributed by atoms with van der Waals surface area (Å²) in [5, 5.41) is 14.9. The molecule has 1 N–H and O–H groups in total. The molecule has 2 rings (SSSR count). The largest absolute Gasteiger partial charge is 0.307 e. The summed E-state index contributed by atoms with van der Waals surface area (Å²) >= 11 is 0. The molecule has 0 spiro atoms. The van der Waals surface area contributed by atoms with Crippen molar-refractivity contribution in [2.45, 2.75) is 33.4 Å². The van der Waals surface area contributed by atoms with Gasteiger partial charge in [0, 0.05) is 0 Å². The van der Waals surface area contributed by atoms with Gasteiger partial charge in [0.1, 0.15) is 0 Å². The summed E-state index contributed by atoms with van der Waals surface area (Å²) in [5.74, 6) is -0.542. The summed E-state index contributed by atoms with van der Waals surface area (Å²) in [6, 6.07) is 3.77. The van der Waals surface area contributed by atoms with Crippen molar-refractivity contribution >= 4 is 0 Å². The fourth-order valence-corrected chi connectivity index (χ4v) is 1.95. The van der Waals surface area contributed by atoms with Gasteiger partial charge in [0.2, 0.25) is 0 Å². The Bertz CT molecular complexity index is 597. The zero-order valence-electron chi connectivity index (χ0n) is 12.3. The van der Waals surface area contributed by atoms with Crippen LogP contribution in [0.5, 0.6) is 0 Å². The fraction of sp³-hybridized carbons (Fsp3) is 0.500. The van der Waals surface area contributed by atoms with E-state index in [2.05, 4.69) is 34.7 Å². The molecule has 1 unspecified atom stereocenters. The van der Waals surface area contributed by atoms with Gasteiger partial charge in [0.25, 0.3) is 0 Å². The van der Waals surface area contributed by atoms with Crippen LogP contribution in [0.2, 0.25) is 0 Å². The molecule has 1 atom stereocenters. The molecule has 0 bridgehead atoms. The van der Waals surface area contributed by atoms with Crippen LogP contribution in [0, 0.1) is 17.6 Å². The first-order valence-corrected chi connectivity index (χ1v) is 6.90. The molecule has 0 aliphatic carbocycles. The number of tetrazole rings is 1. The summed E-state index contributed by atoms with van der Waals surface area (Å²) in [6.45, 7) is 7.34. The van der Waals surface area contributed by atoms with Gasteiger partial charge in [0.05, 0.1) is 12.6 Å². The van der Waals surface area contributed by atoms with E-state index in [1.807, 2.05) is 6.92 Å². The maximum atomic E-state index is 13.2. The van der Waals surface area contributed by atoms with Gasteiger partial charge in [-0.05, 0) is 47.5 Å². The van der Waals surface area contributed by atoms with Gasteiger partial charge >= 0.3 is 0 Å². The minimum Gasteiger partial charge on any atom is -0.307 e. The zero-order chi connectivity index (χ0) is 15.4. The molecule has 114 valence electrons. The Kier molecular flexibility index (Phi) is 4.95. The van der Waals surface area contributed by atoms with Gasteiger partial charge in [-0.2, -0.15) is 0 Å². The van der Waals surface area contributed by atoms with E-state index in [0.29, 0.717) is 23.9 Å².